The van der Waals surface area contributed by atoms with Crippen LogP contribution in [0.15, 0.2) is 65.3 Å². The van der Waals surface area contributed by atoms with Gasteiger partial charge in [0, 0.05) is 42.4 Å². The number of anilines is 2. The van der Waals surface area contributed by atoms with Crippen LogP contribution in [-0.4, -0.2) is 35.5 Å². The van der Waals surface area contributed by atoms with Crippen LogP contribution >= 0.6 is 11.6 Å². The highest BCUT2D eigenvalue weighted by Gasteiger charge is 2.25. The lowest BCUT2D eigenvalue weighted by molar-refractivity contribution is -0.120. The normalized spacial score (nSPS) is 17.7. The summed E-state index contributed by atoms with van der Waals surface area (Å²) in [7, 11) is 1.52. The highest BCUT2D eigenvalue weighted by Crippen LogP contribution is 2.34. The third-order valence-electron chi connectivity index (χ3n) is 7.93. The van der Waals surface area contributed by atoms with Crippen molar-refractivity contribution < 1.29 is 18.8 Å². The minimum atomic E-state index is -0.555. The standard InChI is InChI=1S/C34H37ClFN5O3/c1-6-30(42)39-23-13-14-25-22-15-16-38-29(17-22)27(12-7-9-19(2)33(43)41-28(25)18-23)40-34(44)32(37-5)21(4)20(3)24-10-8-11-26(35)31(24)36/h8,10-11,13-19,27H,6-7,9,12H2,1-5H3,(H,39,42)(H,40,44)(H,41,43)/b21-20+,37-32?. The second kappa shape index (κ2) is 14.4. The van der Waals surface area contributed by atoms with Crippen molar-refractivity contribution in [3.05, 3.63) is 82.4 Å². The maximum absolute atomic E-state index is 14.8. The Balaban J connectivity index is 1.70. The van der Waals surface area contributed by atoms with Gasteiger partial charge in [0.15, 0.2) is 0 Å². The molecular formula is C34H37ClFN5O3. The van der Waals surface area contributed by atoms with Crippen molar-refractivity contribution in [2.75, 3.05) is 17.7 Å². The molecular weight excluding hydrogens is 581 g/mol. The number of fused-ring (bicyclic) bond motifs is 4. The largest absolute Gasteiger partial charge is 0.342 e. The van der Waals surface area contributed by atoms with E-state index in [-0.39, 0.29) is 28.5 Å². The molecule has 3 amide bonds. The van der Waals surface area contributed by atoms with Crippen molar-refractivity contribution in [2.45, 2.75) is 59.4 Å². The van der Waals surface area contributed by atoms with Crippen LogP contribution in [0.5, 0.6) is 0 Å². The summed E-state index contributed by atoms with van der Waals surface area (Å²) in [5.74, 6) is -1.54. The van der Waals surface area contributed by atoms with E-state index in [0.29, 0.717) is 59.5 Å². The molecule has 1 aromatic heterocycles. The number of hydrogen-bond acceptors (Lipinski definition) is 5. The van der Waals surface area contributed by atoms with Crippen LogP contribution in [-0.2, 0) is 14.4 Å². The molecule has 1 aliphatic heterocycles. The Hall–Kier alpha value is -4.37. The fraction of sp³-hybridized carbons (Fsp3) is 0.324. The van der Waals surface area contributed by atoms with Crippen molar-refractivity contribution in [3.8, 4) is 11.1 Å². The number of amides is 3. The number of hydrogen-bond donors (Lipinski definition) is 3. The van der Waals surface area contributed by atoms with Crippen molar-refractivity contribution in [3.63, 3.8) is 0 Å². The Morgan fingerprint density at radius 2 is 1.91 bits per heavy atom. The fourth-order valence-electron chi connectivity index (χ4n) is 5.18. The topological polar surface area (TPSA) is 113 Å². The number of nitrogens with one attached hydrogen (secondary N) is 3. The zero-order valence-electron chi connectivity index (χ0n) is 25.6. The van der Waals surface area contributed by atoms with E-state index in [4.69, 9.17) is 11.6 Å². The van der Waals surface area contributed by atoms with Gasteiger partial charge in [-0.25, -0.2) is 4.39 Å². The predicted molar refractivity (Wildman–Crippen MR) is 174 cm³/mol. The second-order valence-corrected chi connectivity index (χ2v) is 11.3. The van der Waals surface area contributed by atoms with E-state index in [1.165, 1.54) is 13.1 Å². The van der Waals surface area contributed by atoms with E-state index in [9.17, 15) is 18.8 Å². The van der Waals surface area contributed by atoms with Crippen molar-refractivity contribution in [2.24, 2.45) is 10.9 Å². The van der Waals surface area contributed by atoms with Crippen LogP contribution in [0.2, 0.25) is 5.02 Å². The quantitative estimate of drug-likeness (QED) is 0.251. The number of carbonyl (C=O) groups is 3. The van der Waals surface area contributed by atoms with E-state index < -0.39 is 17.8 Å². The fourth-order valence-corrected chi connectivity index (χ4v) is 5.36. The first kappa shape index (κ1) is 32.5. The van der Waals surface area contributed by atoms with Gasteiger partial charge in [0.25, 0.3) is 5.91 Å². The molecule has 10 heteroatoms. The van der Waals surface area contributed by atoms with E-state index in [1.54, 1.807) is 51.2 Å². The Morgan fingerprint density at radius 3 is 2.64 bits per heavy atom. The lowest BCUT2D eigenvalue weighted by Gasteiger charge is -2.23. The van der Waals surface area contributed by atoms with Crippen LogP contribution in [0, 0.1) is 11.7 Å². The molecule has 8 nitrogen and oxygen atoms in total. The van der Waals surface area contributed by atoms with Crippen LogP contribution in [0.1, 0.15) is 70.7 Å². The number of pyridine rings is 1. The summed E-state index contributed by atoms with van der Waals surface area (Å²) in [6.07, 6.45) is 3.77. The summed E-state index contributed by atoms with van der Waals surface area (Å²) in [6.45, 7) is 7.09. The minimum absolute atomic E-state index is 0.000291. The SMILES string of the molecule is CCC(=O)Nc1ccc2c(c1)NC(=O)C(C)CCCC(NC(=O)C(=NC)/C(C)=C(\C)c1cccc(Cl)c1F)c1cc-2ccn1. The molecule has 0 saturated carbocycles. The molecule has 2 aromatic carbocycles. The summed E-state index contributed by atoms with van der Waals surface area (Å²) in [4.78, 5) is 47.7. The van der Waals surface area contributed by atoms with Gasteiger partial charge in [0.2, 0.25) is 11.8 Å². The second-order valence-electron chi connectivity index (χ2n) is 10.9. The monoisotopic (exact) mass is 617 g/mol. The summed E-state index contributed by atoms with van der Waals surface area (Å²) >= 11 is 6.00. The van der Waals surface area contributed by atoms with Gasteiger partial charge in [-0.3, -0.25) is 24.4 Å². The molecule has 0 radical (unpaired) electrons. The van der Waals surface area contributed by atoms with Crippen molar-refractivity contribution in [1.82, 2.24) is 10.3 Å². The summed E-state index contributed by atoms with van der Waals surface area (Å²) in [6, 6.07) is 13.4. The molecule has 0 aliphatic carbocycles. The van der Waals surface area contributed by atoms with Gasteiger partial charge < -0.3 is 16.0 Å². The molecule has 4 rings (SSSR count). The summed E-state index contributed by atoms with van der Waals surface area (Å²) in [5.41, 5.74) is 4.88. The van der Waals surface area contributed by atoms with Gasteiger partial charge in [0.05, 0.1) is 22.4 Å². The molecule has 0 saturated heterocycles. The van der Waals surface area contributed by atoms with Crippen molar-refractivity contribution >= 4 is 52.0 Å². The van der Waals surface area contributed by atoms with Crippen LogP contribution in [0.25, 0.3) is 16.7 Å². The van der Waals surface area contributed by atoms with E-state index in [2.05, 4.69) is 25.9 Å². The lowest BCUT2D eigenvalue weighted by Crippen LogP contribution is -2.35. The average Bonchev–Trinajstić information content (AvgIpc) is 3.01. The first-order valence-electron chi connectivity index (χ1n) is 14.6. The van der Waals surface area contributed by atoms with E-state index >= 15 is 0 Å². The van der Waals surface area contributed by atoms with Gasteiger partial charge in [-0.1, -0.05) is 50.1 Å². The number of rotatable bonds is 6. The molecule has 44 heavy (non-hydrogen) atoms. The number of nitrogens with zero attached hydrogens (tertiary/aromatic N) is 2. The third-order valence-corrected chi connectivity index (χ3v) is 8.22. The molecule has 1 aliphatic rings. The van der Waals surface area contributed by atoms with Crippen LogP contribution in [0.4, 0.5) is 15.8 Å². The van der Waals surface area contributed by atoms with Gasteiger partial charge in [-0.15, -0.1) is 0 Å². The van der Waals surface area contributed by atoms with Gasteiger partial charge in [-0.05, 0) is 73.7 Å². The molecule has 2 heterocycles. The molecule has 3 N–H and O–H groups in total. The van der Waals surface area contributed by atoms with Gasteiger partial charge in [0.1, 0.15) is 11.5 Å². The number of halogens is 2. The maximum atomic E-state index is 14.8. The molecule has 3 aromatic rings. The van der Waals surface area contributed by atoms with Crippen LogP contribution < -0.4 is 16.0 Å². The first-order valence-corrected chi connectivity index (χ1v) is 15.0. The lowest BCUT2D eigenvalue weighted by atomic mass is 9.94. The van der Waals surface area contributed by atoms with Gasteiger partial charge >= 0.3 is 0 Å². The van der Waals surface area contributed by atoms with E-state index in [0.717, 1.165) is 11.1 Å². The Kier molecular flexibility index (Phi) is 10.7. The molecule has 2 unspecified atom stereocenters. The molecule has 2 atom stereocenters. The Bertz CT molecular complexity index is 1650. The average molecular weight is 618 g/mol. The highest BCUT2D eigenvalue weighted by molar-refractivity contribution is 6.46. The number of allylic oxidation sites excluding steroid dienone is 1. The Morgan fingerprint density at radius 1 is 1.14 bits per heavy atom. The zero-order chi connectivity index (χ0) is 32.0. The minimum Gasteiger partial charge on any atom is -0.342 e. The number of aromatic nitrogens is 1. The summed E-state index contributed by atoms with van der Waals surface area (Å²) in [5, 5.41) is 8.99. The van der Waals surface area contributed by atoms with Crippen molar-refractivity contribution in [1.29, 1.82) is 0 Å². The first-order chi connectivity index (χ1) is 21.0. The molecule has 0 spiro atoms. The Labute approximate surface area is 262 Å². The number of aliphatic imine (C=N–C) groups is 1. The summed E-state index contributed by atoms with van der Waals surface area (Å²) < 4.78 is 14.8. The number of carbonyl (C=O) groups excluding carboxylic acids is 3. The number of benzene rings is 2. The molecule has 2 bridgehead atoms. The van der Waals surface area contributed by atoms with E-state index in [1.807, 2.05) is 25.1 Å². The third kappa shape index (κ3) is 7.39. The molecule has 230 valence electrons. The van der Waals surface area contributed by atoms with Crippen LogP contribution in [0.3, 0.4) is 0 Å². The van der Waals surface area contributed by atoms with Gasteiger partial charge in [-0.2, -0.15) is 0 Å². The maximum Gasteiger partial charge on any atom is 0.270 e. The smallest absolute Gasteiger partial charge is 0.270 e. The highest BCUT2D eigenvalue weighted by atomic mass is 35.5. The molecule has 0 fully saturated rings. The zero-order valence-corrected chi connectivity index (χ0v) is 26.3. The predicted octanol–water partition coefficient (Wildman–Crippen LogP) is 7.37.